The predicted molar refractivity (Wildman–Crippen MR) is 59.1 cm³/mol. The summed E-state index contributed by atoms with van der Waals surface area (Å²) in [4.78, 5) is 4.50. The van der Waals surface area contributed by atoms with Crippen molar-refractivity contribution in [1.82, 2.24) is 4.98 Å². The highest BCUT2D eigenvalue weighted by Crippen LogP contribution is 2.29. The van der Waals surface area contributed by atoms with Gasteiger partial charge in [0.05, 0.1) is 10.4 Å². The molecule has 0 fully saturated rings. The molecule has 0 bridgehead atoms. The lowest BCUT2D eigenvalue weighted by atomic mass is 10.2. The summed E-state index contributed by atoms with van der Waals surface area (Å²) in [5, 5.41) is 0.839. The number of fused-ring (bicyclic) bond motifs is 1. The summed E-state index contributed by atoms with van der Waals surface area (Å²) in [6.45, 7) is 0. The van der Waals surface area contributed by atoms with Crippen LogP contribution in [-0.4, -0.2) is 18.0 Å². The van der Waals surface area contributed by atoms with Crippen molar-refractivity contribution in [2.45, 2.75) is 4.90 Å². The van der Waals surface area contributed by atoms with E-state index in [1.54, 1.807) is 24.4 Å². The Balaban J connectivity index is 2.61. The topological polar surface area (TPSA) is 67.3 Å². The molecule has 1 aromatic carbocycles. The molecule has 4 nitrogen and oxygen atoms in total. The minimum atomic E-state index is -4.09. The molecule has 2 aromatic rings. The summed E-state index contributed by atoms with van der Waals surface area (Å²) in [5.41, 5.74) is 0.572. The highest BCUT2D eigenvalue weighted by molar-refractivity contribution is 8.70. The summed E-state index contributed by atoms with van der Waals surface area (Å²) in [6, 6.07) is 8.75. The number of hydrogen-bond donors (Lipinski definition) is 1. The lowest BCUT2D eigenvalue weighted by Crippen LogP contribution is -1.90. The molecule has 0 saturated heterocycles. The van der Waals surface area contributed by atoms with Crippen LogP contribution in [0.1, 0.15) is 0 Å². The van der Waals surface area contributed by atoms with E-state index in [4.69, 9.17) is 4.55 Å². The van der Waals surface area contributed by atoms with E-state index in [1.807, 2.05) is 12.1 Å². The van der Waals surface area contributed by atoms with Gasteiger partial charge in [-0.3, -0.25) is 9.54 Å². The number of rotatable bonds is 2. The van der Waals surface area contributed by atoms with Crippen LogP contribution in [0, 0.1) is 0 Å². The van der Waals surface area contributed by atoms with Crippen LogP contribution in [-0.2, 0) is 9.15 Å². The van der Waals surface area contributed by atoms with Crippen molar-refractivity contribution in [2.24, 2.45) is 0 Å². The van der Waals surface area contributed by atoms with Gasteiger partial charge < -0.3 is 0 Å². The Kier molecular flexibility index (Phi) is 2.64. The maximum absolute atomic E-state index is 10.7. The fourth-order valence-electron chi connectivity index (χ4n) is 1.26. The maximum Gasteiger partial charge on any atom is 0.324 e. The highest BCUT2D eigenvalue weighted by atomic mass is 33.1. The van der Waals surface area contributed by atoms with Gasteiger partial charge in [-0.15, -0.1) is 0 Å². The van der Waals surface area contributed by atoms with Gasteiger partial charge in [0.25, 0.3) is 0 Å². The van der Waals surface area contributed by atoms with Gasteiger partial charge in [-0.05, 0) is 12.1 Å². The zero-order chi connectivity index (χ0) is 10.9. The van der Waals surface area contributed by atoms with Crippen LogP contribution in [0.15, 0.2) is 41.4 Å². The Morgan fingerprint density at radius 1 is 1.20 bits per heavy atom. The van der Waals surface area contributed by atoms with Crippen molar-refractivity contribution in [2.75, 3.05) is 0 Å². The third-order valence-corrected chi connectivity index (χ3v) is 3.68. The third kappa shape index (κ3) is 2.47. The Hall–Kier alpha value is -1.11. The molecule has 2 rings (SSSR count). The van der Waals surface area contributed by atoms with Crippen LogP contribution >= 0.6 is 10.8 Å². The van der Waals surface area contributed by atoms with Gasteiger partial charge in [0.15, 0.2) is 0 Å². The van der Waals surface area contributed by atoms with Crippen molar-refractivity contribution >= 4 is 30.8 Å². The Morgan fingerprint density at radius 2 is 1.93 bits per heavy atom. The first-order chi connectivity index (χ1) is 7.06. The van der Waals surface area contributed by atoms with Gasteiger partial charge in [0.2, 0.25) is 0 Å². The highest BCUT2D eigenvalue weighted by Gasteiger charge is 2.11. The molecular formula is C9H7NO3S2. The second-order valence-electron chi connectivity index (χ2n) is 2.84. The second-order valence-corrected chi connectivity index (χ2v) is 6.07. The molecule has 0 aliphatic heterocycles. The molecule has 0 amide bonds. The van der Waals surface area contributed by atoms with Crippen molar-refractivity contribution in [3.8, 4) is 0 Å². The van der Waals surface area contributed by atoms with E-state index in [9.17, 15) is 8.42 Å². The molecule has 6 heteroatoms. The first kappa shape index (κ1) is 10.4. The van der Waals surface area contributed by atoms with Gasteiger partial charge in [0, 0.05) is 22.4 Å². The van der Waals surface area contributed by atoms with Gasteiger partial charge >= 0.3 is 9.15 Å². The SMILES string of the molecule is O=S(=O)(O)Sc1cccc2cccnc12. The first-order valence-electron chi connectivity index (χ1n) is 4.07. The molecule has 0 unspecified atom stereocenters. The summed E-state index contributed by atoms with van der Waals surface area (Å²) < 4.78 is 30.2. The van der Waals surface area contributed by atoms with Crippen molar-refractivity contribution in [3.63, 3.8) is 0 Å². The van der Waals surface area contributed by atoms with Gasteiger partial charge in [-0.1, -0.05) is 18.2 Å². The number of para-hydroxylation sites is 1. The van der Waals surface area contributed by atoms with E-state index < -0.39 is 9.15 Å². The minimum absolute atomic E-state index is 0.396. The van der Waals surface area contributed by atoms with E-state index in [2.05, 4.69) is 4.98 Å². The van der Waals surface area contributed by atoms with Crippen molar-refractivity contribution in [3.05, 3.63) is 36.5 Å². The van der Waals surface area contributed by atoms with Gasteiger partial charge in [0.1, 0.15) is 0 Å². The van der Waals surface area contributed by atoms with Crippen LogP contribution < -0.4 is 0 Å². The molecule has 0 aliphatic rings. The van der Waals surface area contributed by atoms with Crippen LogP contribution in [0.2, 0.25) is 0 Å². The third-order valence-electron chi connectivity index (χ3n) is 1.79. The molecule has 0 saturated carbocycles. The first-order valence-corrected chi connectivity index (χ1v) is 6.84. The summed E-state index contributed by atoms with van der Waals surface area (Å²) in [6.07, 6.45) is 1.58. The van der Waals surface area contributed by atoms with Crippen LogP contribution in [0.3, 0.4) is 0 Å². The zero-order valence-corrected chi connectivity index (χ0v) is 9.12. The molecule has 1 heterocycles. The monoisotopic (exact) mass is 241 g/mol. The Morgan fingerprint density at radius 3 is 2.67 bits per heavy atom. The molecule has 0 radical (unpaired) electrons. The van der Waals surface area contributed by atoms with Gasteiger partial charge in [-0.2, -0.15) is 8.42 Å². The predicted octanol–water partition coefficient (Wildman–Crippen LogP) is 2.13. The van der Waals surface area contributed by atoms with Crippen molar-refractivity contribution in [1.29, 1.82) is 0 Å². The molecule has 1 N–H and O–H groups in total. The quantitative estimate of drug-likeness (QED) is 0.644. The van der Waals surface area contributed by atoms with Crippen molar-refractivity contribution < 1.29 is 13.0 Å². The lowest BCUT2D eigenvalue weighted by molar-refractivity contribution is 0.503. The number of aromatic nitrogens is 1. The summed E-state index contributed by atoms with van der Waals surface area (Å²) in [5.74, 6) is 0. The molecule has 1 aromatic heterocycles. The normalized spacial score (nSPS) is 11.8. The summed E-state index contributed by atoms with van der Waals surface area (Å²) >= 11 is 0. The standard InChI is InChI=1S/C9H7NO3S2/c11-15(12,13)14-8-5-1-3-7-4-2-6-10-9(7)8/h1-6H,(H,11,12,13). The fraction of sp³-hybridized carbons (Fsp3) is 0. The van der Waals surface area contributed by atoms with Gasteiger partial charge in [-0.25, -0.2) is 0 Å². The summed E-state index contributed by atoms with van der Waals surface area (Å²) in [7, 11) is -3.70. The number of nitrogens with zero attached hydrogens (tertiary/aromatic N) is 1. The smallest absolute Gasteiger partial charge is 0.277 e. The van der Waals surface area contributed by atoms with E-state index in [0.717, 1.165) is 5.39 Å². The van der Waals surface area contributed by atoms with Crippen LogP contribution in [0.25, 0.3) is 10.9 Å². The van der Waals surface area contributed by atoms with E-state index in [1.165, 1.54) is 0 Å². The van der Waals surface area contributed by atoms with Crippen LogP contribution in [0.4, 0.5) is 0 Å². The average molecular weight is 241 g/mol. The van der Waals surface area contributed by atoms with E-state index in [-0.39, 0.29) is 0 Å². The van der Waals surface area contributed by atoms with E-state index in [0.29, 0.717) is 21.2 Å². The zero-order valence-electron chi connectivity index (χ0n) is 7.49. The molecule has 15 heavy (non-hydrogen) atoms. The number of benzene rings is 1. The Bertz CT molecular complexity index is 590. The molecule has 0 atom stereocenters. The molecule has 0 aliphatic carbocycles. The largest absolute Gasteiger partial charge is 0.324 e. The number of pyridine rings is 1. The van der Waals surface area contributed by atoms with Crippen LogP contribution in [0.5, 0.6) is 0 Å². The molecule has 0 spiro atoms. The average Bonchev–Trinajstić information content (AvgIpc) is 2.16. The van der Waals surface area contributed by atoms with E-state index >= 15 is 0 Å². The lowest BCUT2D eigenvalue weighted by Gasteiger charge is -2.01. The fourth-order valence-corrected chi connectivity index (χ4v) is 2.95. The number of hydrogen-bond acceptors (Lipinski definition) is 4. The maximum atomic E-state index is 10.7. The molecule has 78 valence electrons. The molecular weight excluding hydrogens is 234 g/mol. The second kappa shape index (κ2) is 3.80. The Labute approximate surface area is 90.5 Å². The minimum Gasteiger partial charge on any atom is -0.277 e.